The first-order valence-corrected chi connectivity index (χ1v) is 11.0. The first kappa shape index (κ1) is 20.1. The number of ether oxygens (including phenoxy) is 1. The fourth-order valence-corrected chi connectivity index (χ4v) is 7.96. The largest absolute Gasteiger partial charge is 0.463 e. The summed E-state index contributed by atoms with van der Waals surface area (Å²) in [4.78, 5) is 37.2. The fourth-order valence-electron chi connectivity index (χ4n) is 7.96. The van der Waals surface area contributed by atoms with Crippen molar-refractivity contribution in [2.45, 2.75) is 90.8 Å². The summed E-state index contributed by atoms with van der Waals surface area (Å²) >= 11 is 0. The van der Waals surface area contributed by atoms with Gasteiger partial charge in [-0.3, -0.25) is 14.4 Å². The first-order chi connectivity index (χ1) is 13.0. The van der Waals surface area contributed by atoms with E-state index in [0.717, 1.165) is 38.5 Å². The van der Waals surface area contributed by atoms with Crippen LogP contribution < -0.4 is 0 Å². The lowest BCUT2D eigenvalue weighted by atomic mass is 9.44. The monoisotopic (exact) mass is 390 g/mol. The van der Waals surface area contributed by atoms with Crippen LogP contribution in [0.15, 0.2) is 0 Å². The van der Waals surface area contributed by atoms with Gasteiger partial charge in [-0.15, -0.1) is 0 Å². The third-order valence-corrected chi connectivity index (χ3v) is 9.37. The SMILES string of the molecule is CC(=O)OC1CCC2(C)C(CCC3C2C(=O)CC2(C)C3CCC2(O)C(C)=O)C1. The van der Waals surface area contributed by atoms with Crippen molar-refractivity contribution in [2.24, 2.45) is 34.5 Å². The van der Waals surface area contributed by atoms with Crippen LogP contribution >= 0.6 is 0 Å². The van der Waals surface area contributed by atoms with E-state index in [4.69, 9.17) is 4.74 Å². The van der Waals surface area contributed by atoms with Crippen molar-refractivity contribution in [2.75, 3.05) is 0 Å². The van der Waals surface area contributed by atoms with Crippen molar-refractivity contribution in [3.63, 3.8) is 0 Å². The molecule has 0 aromatic rings. The lowest BCUT2D eigenvalue weighted by Crippen LogP contribution is -2.61. The molecule has 1 N–H and O–H groups in total. The topological polar surface area (TPSA) is 80.7 Å². The minimum atomic E-state index is -1.36. The third-order valence-electron chi connectivity index (χ3n) is 9.37. The van der Waals surface area contributed by atoms with Crippen LogP contribution in [0.25, 0.3) is 0 Å². The number of carbonyl (C=O) groups is 3. The standard InChI is InChI=1S/C23H34O5/c1-13(24)23(27)10-8-18-17-6-5-15-11-16(28-14(2)25)7-9-21(15,3)20(17)19(26)12-22(18,23)4/h15-18,20,27H,5-12H2,1-4H3. The number of hydrogen-bond acceptors (Lipinski definition) is 5. The Morgan fingerprint density at radius 1 is 1.07 bits per heavy atom. The molecule has 0 heterocycles. The molecule has 0 aliphatic heterocycles. The van der Waals surface area contributed by atoms with Crippen molar-refractivity contribution in [3.8, 4) is 0 Å². The Labute approximate surface area is 167 Å². The van der Waals surface area contributed by atoms with Gasteiger partial charge in [-0.05, 0) is 75.0 Å². The summed E-state index contributed by atoms with van der Waals surface area (Å²) in [6, 6.07) is 0. The number of carbonyl (C=O) groups excluding carboxylic acids is 3. The molecule has 5 heteroatoms. The van der Waals surface area contributed by atoms with Crippen molar-refractivity contribution in [1.82, 2.24) is 0 Å². The molecular formula is C23H34O5. The van der Waals surface area contributed by atoms with Crippen molar-refractivity contribution >= 4 is 17.5 Å². The molecule has 156 valence electrons. The predicted octanol–water partition coefficient (Wildman–Crippen LogP) is 3.46. The summed E-state index contributed by atoms with van der Waals surface area (Å²) in [7, 11) is 0. The van der Waals surface area contributed by atoms with E-state index in [1.807, 2.05) is 6.92 Å². The fraction of sp³-hybridized carbons (Fsp3) is 0.870. The molecule has 8 unspecified atom stereocenters. The highest BCUT2D eigenvalue weighted by atomic mass is 16.5. The van der Waals surface area contributed by atoms with Crippen LogP contribution in [0.1, 0.15) is 79.1 Å². The summed E-state index contributed by atoms with van der Waals surface area (Å²) in [5.41, 5.74) is -2.05. The highest BCUT2D eigenvalue weighted by Crippen LogP contribution is 2.67. The van der Waals surface area contributed by atoms with Gasteiger partial charge in [-0.1, -0.05) is 13.8 Å². The summed E-state index contributed by atoms with van der Waals surface area (Å²) in [5.74, 6) is 0.722. The molecule has 4 fully saturated rings. The van der Waals surface area contributed by atoms with Crippen LogP contribution in [0.5, 0.6) is 0 Å². The molecule has 4 saturated carbocycles. The Kier molecular flexibility index (Phi) is 4.57. The summed E-state index contributed by atoms with van der Waals surface area (Å²) in [5, 5.41) is 11.2. The molecule has 8 atom stereocenters. The number of ketones is 2. The molecule has 4 aliphatic carbocycles. The zero-order valence-corrected chi connectivity index (χ0v) is 17.6. The smallest absolute Gasteiger partial charge is 0.302 e. The van der Waals surface area contributed by atoms with Gasteiger partial charge in [-0.25, -0.2) is 0 Å². The van der Waals surface area contributed by atoms with Crippen LogP contribution in [0.3, 0.4) is 0 Å². The molecular weight excluding hydrogens is 356 g/mol. The van der Waals surface area contributed by atoms with Gasteiger partial charge in [0, 0.05) is 24.7 Å². The maximum Gasteiger partial charge on any atom is 0.302 e. The molecule has 0 aromatic carbocycles. The predicted molar refractivity (Wildman–Crippen MR) is 103 cm³/mol. The summed E-state index contributed by atoms with van der Waals surface area (Å²) < 4.78 is 5.49. The van der Waals surface area contributed by atoms with Gasteiger partial charge in [-0.2, -0.15) is 0 Å². The number of esters is 1. The summed E-state index contributed by atoms with van der Waals surface area (Å²) in [6.45, 7) is 7.18. The van der Waals surface area contributed by atoms with Gasteiger partial charge in [0.05, 0.1) is 0 Å². The van der Waals surface area contributed by atoms with Crippen LogP contribution in [0.4, 0.5) is 0 Å². The van der Waals surface area contributed by atoms with Crippen LogP contribution in [-0.2, 0) is 19.1 Å². The zero-order chi connectivity index (χ0) is 20.5. The Morgan fingerprint density at radius 2 is 1.79 bits per heavy atom. The highest BCUT2D eigenvalue weighted by Gasteiger charge is 2.68. The van der Waals surface area contributed by atoms with Gasteiger partial charge in [0.2, 0.25) is 0 Å². The molecule has 0 radical (unpaired) electrons. The molecule has 4 aliphatic rings. The second kappa shape index (κ2) is 6.38. The minimum Gasteiger partial charge on any atom is -0.463 e. The molecule has 0 bridgehead atoms. The highest BCUT2D eigenvalue weighted by molar-refractivity contribution is 5.90. The van der Waals surface area contributed by atoms with Gasteiger partial charge in [0.1, 0.15) is 17.5 Å². The number of fused-ring (bicyclic) bond motifs is 5. The Bertz CT molecular complexity index is 716. The van der Waals surface area contributed by atoms with Crippen molar-refractivity contribution in [3.05, 3.63) is 0 Å². The average Bonchev–Trinajstić information content (AvgIpc) is 2.86. The average molecular weight is 391 g/mol. The number of hydrogen-bond donors (Lipinski definition) is 1. The van der Waals surface area contributed by atoms with E-state index in [1.165, 1.54) is 13.8 Å². The van der Waals surface area contributed by atoms with E-state index in [0.29, 0.717) is 18.8 Å². The van der Waals surface area contributed by atoms with Crippen molar-refractivity contribution < 1.29 is 24.2 Å². The van der Waals surface area contributed by atoms with Gasteiger partial charge in [0.15, 0.2) is 5.78 Å². The Morgan fingerprint density at radius 3 is 2.43 bits per heavy atom. The number of Topliss-reactive ketones (excluding diaryl/α,β-unsaturated/α-hetero) is 2. The second-order valence-electron chi connectivity index (χ2n) is 10.5. The van der Waals surface area contributed by atoms with E-state index in [-0.39, 0.29) is 46.8 Å². The molecule has 0 saturated heterocycles. The Hall–Kier alpha value is -1.23. The van der Waals surface area contributed by atoms with Gasteiger partial charge >= 0.3 is 5.97 Å². The summed E-state index contributed by atoms with van der Waals surface area (Å²) in [6.07, 6.45) is 6.19. The second-order valence-corrected chi connectivity index (χ2v) is 10.5. The molecule has 4 rings (SSSR count). The first-order valence-electron chi connectivity index (χ1n) is 11.0. The van der Waals surface area contributed by atoms with Gasteiger partial charge in [0.25, 0.3) is 0 Å². The quantitative estimate of drug-likeness (QED) is 0.730. The maximum absolute atomic E-state index is 13.5. The molecule has 5 nitrogen and oxygen atoms in total. The van der Waals surface area contributed by atoms with E-state index in [1.54, 1.807) is 0 Å². The third kappa shape index (κ3) is 2.57. The van der Waals surface area contributed by atoms with Gasteiger partial charge < -0.3 is 9.84 Å². The van der Waals surface area contributed by atoms with E-state index < -0.39 is 11.0 Å². The lowest BCUT2D eigenvalue weighted by Gasteiger charge is -2.60. The number of aliphatic hydroxyl groups is 1. The Balaban J connectivity index is 1.63. The molecule has 0 spiro atoms. The van der Waals surface area contributed by atoms with E-state index in [2.05, 4.69) is 6.92 Å². The minimum absolute atomic E-state index is 0.0110. The van der Waals surface area contributed by atoms with Crippen LogP contribution in [-0.4, -0.2) is 34.3 Å². The maximum atomic E-state index is 13.5. The lowest BCUT2D eigenvalue weighted by molar-refractivity contribution is -0.181. The van der Waals surface area contributed by atoms with Crippen LogP contribution in [0.2, 0.25) is 0 Å². The van der Waals surface area contributed by atoms with Crippen LogP contribution in [0, 0.1) is 34.5 Å². The molecule has 28 heavy (non-hydrogen) atoms. The van der Waals surface area contributed by atoms with E-state index >= 15 is 0 Å². The number of rotatable bonds is 2. The van der Waals surface area contributed by atoms with E-state index in [9.17, 15) is 19.5 Å². The molecule has 0 aromatic heterocycles. The molecule has 0 amide bonds. The van der Waals surface area contributed by atoms with Crippen molar-refractivity contribution in [1.29, 1.82) is 0 Å². The zero-order valence-electron chi connectivity index (χ0n) is 17.6. The normalized spacial score (nSPS) is 50.3.